The van der Waals surface area contributed by atoms with Crippen LogP contribution in [0.15, 0.2) is 18.2 Å². The summed E-state index contributed by atoms with van der Waals surface area (Å²) >= 11 is 0. The summed E-state index contributed by atoms with van der Waals surface area (Å²) < 4.78 is 5.29. The number of benzene rings is 1. The molecule has 1 aromatic carbocycles. The number of nitrogens with zero attached hydrogens (tertiary/aromatic N) is 2. The first-order chi connectivity index (χ1) is 11.0. The van der Waals surface area contributed by atoms with Crippen molar-refractivity contribution < 1.29 is 24.5 Å². The highest BCUT2D eigenvalue weighted by atomic mass is 16.5. The van der Waals surface area contributed by atoms with Crippen molar-refractivity contribution in [1.82, 2.24) is 9.80 Å². The highest BCUT2D eigenvalue weighted by Crippen LogP contribution is 2.30. The molecule has 0 aromatic heterocycles. The van der Waals surface area contributed by atoms with Gasteiger partial charge in [-0.15, -0.1) is 0 Å². The van der Waals surface area contributed by atoms with Gasteiger partial charge in [0.1, 0.15) is 5.75 Å². The van der Waals surface area contributed by atoms with Crippen molar-refractivity contribution in [2.24, 2.45) is 0 Å². The predicted octanol–water partition coefficient (Wildman–Crippen LogP) is 0.346. The van der Waals surface area contributed by atoms with Crippen molar-refractivity contribution in [2.45, 2.75) is 6.10 Å². The van der Waals surface area contributed by atoms with Gasteiger partial charge in [-0.3, -0.25) is 9.69 Å². The molecule has 0 spiro atoms. The quantitative estimate of drug-likeness (QED) is 0.742. The number of hydrogen-bond donors (Lipinski definition) is 3. The Balaban J connectivity index is 1.61. The fourth-order valence-corrected chi connectivity index (χ4v) is 2.78. The molecule has 124 valence electrons. The van der Waals surface area contributed by atoms with Crippen LogP contribution < -0.4 is 10.1 Å². The molecule has 1 aromatic rings. The normalized spacial score (nSPS) is 19.5. The summed E-state index contributed by atoms with van der Waals surface area (Å²) in [6, 6.07) is 5.22. The van der Waals surface area contributed by atoms with E-state index in [9.17, 15) is 14.7 Å². The van der Waals surface area contributed by atoms with E-state index in [2.05, 4.69) is 5.32 Å². The molecule has 2 amide bonds. The van der Waals surface area contributed by atoms with Gasteiger partial charge in [0.2, 0.25) is 0 Å². The van der Waals surface area contributed by atoms with E-state index in [0.717, 1.165) is 0 Å². The van der Waals surface area contributed by atoms with Crippen LogP contribution in [-0.4, -0.2) is 71.3 Å². The van der Waals surface area contributed by atoms with Gasteiger partial charge in [-0.2, -0.15) is 0 Å². The molecular formula is C15H19N3O5. The first kappa shape index (κ1) is 15.6. The number of fused-ring (bicyclic) bond motifs is 1. The molecule has 0 radical (unpaired) electrons. The molecule has 0 bridgehead atoms. The number of β-amino-alcohol motifs (C(OH)–C–C–N with tert-alkyl or cyclic N) is 1. The van der Waals surface area contributed by atoms with Gasteiger partial charge in [0, 0.05) is 32.7 Å². The monoisotopic (exact) mass is 321 g/mol. The molecule has 3 rings (SSSR count). The van der Waals surface area contributed by atoms with Crippen LogP contribution in [0.25, 0.3) is 0 Å². The van der Waals surface area contributed by atoms with Gasteiger partial charge in [0.15, 0.2) is 6.61 Å². The lowest BCUT2D eigenvalue weighted by atomic mass is 10.1. The van der Waals surface area contributed by atoms with E-state index < -0.39 is 12.2 Å². The van der Waals surface area contributed by atoms with Crippen molar-refractivity contribution in [3.8, 4) is 5.75 Å². The Labute approximate surface area is 133 Å². The molecule has 1 unspecified atom stereocenters. The summed E-state index contributed by atoms with van der Waals surface area (Å²) in [7, 11) is 0. The van der Waals surface area contributed by atoms with Gasteiger partial charge in [-0.05, 0) is 17.7 Å². The van der Waals surface area contributed by atoms with Crippen molar-refractivity contribution in [3.05, 3.63) is 23.8 Å². The molecule has 8 nitrogen and oxygen atoms in total. The van der Waals surface area contributed by atoms with Gasteiger partial charge < -0.3 is 25.2 Å². The summed E-state index contributed by atoms with van der Waals surface area (Å²) in [5.41, 5.74) is 1.25. The molecule has 1 fully saturated rings. The number of carbonyl (C=O) groups excluding carboxylic acids is 1. The Bertz CT molecular complexity index is 613. The lowest BCUT2D eigenvalue weighted by molar-refractivity contribution is -0.118. The molecule has 3 N–H and O–H groups in total. The molecule has 1 saturated heterocycles. The molecular weight excluding hydrogens is 302 g/mol. The summed E-state index contributed by atoms with van der Waals surface area (Å²) in [5.74, 6) is 0.379. The Morgan fingerprint density at radius 3 is 2.74 bits per heavy atom. The van der Waals surface area contributed by atoms with Crippen molar-refractivity contribution >= 4 is 17.7 Å². The highest BCUT2D eigenvalue weighted by molar-refractivity contribution is 5.95. The van der Waals surface area contributed by atoms with Crippen LogP contribution in [0.3, 0.4) is 0 Å². The largest absolute Gasteiger partial charge is 0.482 e. The van der Waals surface area contributed by atoms with E-state index in [-0.39, 0.29) is 12.5 Å². The number of hydrogen-bond acceptors (Lipinski definition) is 5. The second-order valence-corrected chi connectivity index (χ2v) is 5.68. The molecule has 0 saturated carbocycles. The second-order valence-electron chi connectivity index (χ2n) is 5.68. The topological polar surface area (TPSA) is 102 Å². The minimum absolute atomic E-state index is 0.00273. The van der Waals surface area contributed by atoms with Gasteiger partial charge in [0.25, 0.3) is 5.91 Å². The Morgan fingerprint density at radius 1 is 1.30 bits per heavy atom. The smallest absolute Gasteiger partial charge is 0.407 e. The van der Waals surface area contributed by atoms with Gasteiger partial charge in [-0.1, -0.05) is 6.07 Å². The van der Waals surface area contributed by atoms with Crippen LogP contribution in [0.2, 0.25) is 0 Å². The number of carbonyl (C=O) groups is 2. The zero-order valence-electron chi connectivity index (χ0n) is 12.6. The third kappa shape index (κ3) is 3.54. The van der Waals surface area contributed by atoms with Gasteiger partial charge >= 0.3 is 6.09 Å². The molecule has 0 aliphatic carbocycles. The van der Waals surface area contributed by atoms with Crippen LogP contribution in [0, 0.1) is 0 Å². The predicted molar refractivity (Wildman–Crippen MR) is 81.6 cm³/mol. The standard InChI is InChI=1S/C15H19N3O5/c19-12(8-17-3-5-18(6-4-17)15(21)22)10-1-2-13-11(7-10)16-14(20)9-23-13/h1-2,7,12,19H,3-6,8-9H2,(H,16,20)(H,21,22). The lowest BCUT2D eigenvalue weighted by Crippen LogP contribution is -2.49. The summed E-state index contributed by atoms with van der Waals surface area (Å²) in [4.78, 5) is 25.6. The fourth-order valence-electron chi connectivity index (χ4n) is 2.78. The van der Waals surface area contributed by atoms with Gasteiger partial charge in [0.05, 0.1) is 11.8 Å². The number of amides is 2. The second kappa shape index (κ2) is 6.43. The Hall–Kier alpha value is -2.32. The molecule has 23 heavy (non-hydrogen) atoms. The fraction of sp³-hybridized carbons (Fsp3) is 0.467. The van der Waals surface area contributed by atoms with Crippen LogP contribution in [0.4, 0.5) is 10.5 Å². The van der Waals surface area contributed by atoms with E-state index in [1.807, 2.05) is 4.90 Å². The number of piperazine rings is 1. The average Bonchev–Trinajstić information content (AvgIpc) is 2.54. The summed E-state index contributed by atoms with van der Waals surface area (Å²) in [6.45, 7) is 2.48. The van der Waals surface area contributed by atoms with Crippen molar-refractivity contribution in [3.63, 3.8) is 0 Å². The van der Waals surface area contributed by atoms with E-state index in [1.54, 1.807) is 18.2 Å². The maximum Gasteiger partial charge on any atom is 0.407 e. The molecule has 2 aliphatic heterocycles. The van der Waals surface area contributed by atoms with Crippen LogP contribution in [0.5, 0.6) is 5.75 Å². The number of ether oxygens (including phenoxy) is 1. The zero-order chi connectivity index (χ0) is 16.4. The van der Waals surface area contributed by atoms with Crippen LogP contribution in [0.1, 0.15) is 11.7 Å². The summed E-state index contributed by atoms with van der Waals surface area (Å²) in [6.07, 6.45) is -1.62. The maximum absolute atomic E-state index is 11.4. The Kier molecular flexibility index (Phi) is 4.35. The van der Waals surface area contributed by atoms with Crippen LogP contribution in [-0.2, 0) is 4.79 Å². The number of nitrogens with one attached hydrogen (secondary N) is 1. The summed E-state index contributed by atoms with van der Waals surface area (Å²) in [5, 5.41) is 22.0. The van der Waals surface area contributed by atoms with Crippen molar-refractivity contribution in [2.75, 3.05) is 44.6 Å². The molecule has 2 heterocycles. The lowest BCUT2D eigenvalue weighted by Gasteiger charge is -2.34. The van der Waals surface area contributed by atoms with E-state index in [0.29, 0.717) is 49.7 Å². The molecule has 8 heteroatoms. The van der Waals surface area contributed by atoms with E-state index in [1.165, 1.54) is 4.90 Å². The molecule has 2 aliphatic rings. The average molecular weight is 321 g/mol. The van der Waals surface area contributed by atoms with E-state index >= 15 is 0 Å². The molecule has 1 atom stereocenters. The first-order valence-corrected chi connectivity index (χ1v) is 7.48. The maximum atomic E-state index is 11.4. The van der Waals surface area contributed by atoms with Crippen molar-refractivity contribution in [1.29, 1.82) is 0 Å². The number of carboxylic acid groups (broad SMARTS) is 1. The minimum Gasteiger partial charge on any atom is -0.482 e. The van der Waals surface area contributed by atoms with Gasteiger partial charge in [-0.25, -0.2) is 4.79 Å². The van der Waals surface area contributed by atoms with Crippen LogP contribution >= 0.6 is 0 Å². The van der Waals surface area contributed by atoms with E-state index in [4.69, 9.17) is 9.84 Å². The third-order valence-corrected chi connectivity index (χ3v) is 4.10. The SMILES string of the molecule is O=C1COc2ccc(C(O)CN3CCN(C(=O)O)CC3)cc2N1. The number of aliphatic hydroxyl groups excluding tert-OH is 1. The minimum atomic E-state index is -0.907. The zero-order valence-corrected chi connectivity index (χ0v) is 12.6. The highest BCUT2D eigenvalue weighted by Gasteiger charge is 2.23. The number of rotatable bonds is 3. The first-order valence-electron chi connectivity index (χ1n) is 7.48. The Morgan fingerprint density at radius 2 is 2.04 bits per heavy atom. The number of aliphatic hydroxyl groups is 1. The number of anilines is 1. The third-order valence-electron chi connectivity index (χ3n) is 4.10.